The first-order chi connectivity index (χ1) is 6.26. The summed E-state index contributed by atoms with van der Waals surface area (Å²) in [6.45, 7) is 4.32. The van der Waals surface area contributed by atoms with Crippen LogP contribution in [0.15, 0.2) is 29.8 Å². The molecule has 0 spiro atoms. The van der Waals surface area contributed by atoms with E-state index in [1.165, 1.54) is 5.57 Å². The zero-order valence-corrected chi connectivity index (χ0v) is 8.25. The number of hydrogen-bond acceptors (Lipinski definition) is 1. The van der Waals surface area contributed by atoms with Crippen LogP contribution in [-0.4, -0.2) is 5.11 Å². The van der Waals surface area contributed by atoms with E-state index in [0.29, 0.717) is 5.75 Å². The van der Waals surface area contributed by atoms with Crippen LogP contribution in [0.2, 0.25) is 0 Å². The Hall–Kier alpha value is -1.24. The SMILES string of the molecule is CCC(=Cc1ccc(O)cc1)CC. The van der Waals surface area contributed by atoms with Gasteiger partial charge >= 0.3 is 0 Å². The first-order valence-electron chi connectivity index (χ1n) is 4.74. The highest BCUT2D eigenvalue weighted by Crippen LogP contribution is 2.15. The van der Waals surface area contributed by atoms with Gasteiger partial charge in [0.15, 0.2) is 0 Å². The van der Waals surface area contributed by atoms with Crippen molar-refractivity contribution in [3.05, 3.63) is 35.4 Å². The number of phenols is 1. The summed E-state index contributed by atoms with van der Waals surface area (Å²) in [5.41, 5.74) is 2.60. The summed E-state index contributed by atoms with van der Waals surface area (Å²) >= 11 is 0. The third-order valence-corrected chi connectivity index (χ3v) is 2.17. The Labute approximate surface area is 79.7 Å². The molecule has 0 radical (unpaired) electrons. The minimum atomic E-state index is 0.326. The largest absolute Gasteiger partial charge is 0.508 e. The summed E-state index contributed by atoms with van der Waals surface area (Å²) in [7, 11) is 0. The van der Waals surface area contributed by atoms with Crippen LogP contribution in [0.1, 0.15) is 32.3 Å². The van der Waals surface area contributed by atoms with Crippen LogP contribution in [0.25, 0.3) is 6.08 Å². The number of aromatic hydroxyl groups is 1. The van der Waals surface area contributed by atoms with Crippen molar-refractivity contribution in [3.63, 3.8) is 0 Å². The van der Waals surface area contributed by atoms with E-state index in [1.54, 1.807) is 12.1 Å². The first-order valence-corrected chi connectivity index (χ1v) is 4.74. The molecule has 0 heterocycles. The zero-order valence-electron chi connectivity index (χ0n) is 8.25. The van der Waals surface area contributed by atoms with Gasteiger partial charge in [-0.3, -0.25) is 0 Å². The standard InChI is InChI=1S/C12H16O/c1-3-10(4-2)9-11-5-7-12(13)8-6-11/h5-9,13H,3-4H2,1-2H3. The van der Waals surface area contributed by atoms with Gasteiger partial charge in [0.25, 0.3) is 0 Å². The first kappa shape index (κ1) is 9.85. The maximum atomic E-state index is 9.08. The molecule has 13 heavy (non-hydrogen) atoms. The van der Waals surface area contributed by atoms with Crippen molar-refractivity contribution in [2.75, 3.05) is 0 Å². The third kappa shape index (κ3) is 2.94. The highest BCUT2D eigenvalue weighted by Gasteiger charge is 1.92. The normalized spacial score (nSPS) is 9.69. The fourth-order valence-corrected chi connectivity index (χ4v) is 1.26. The summed E-state index contributed by atoms with van der Waals surface area (Å²) < 4.78 is 0. The molecular weight excluding hydrogens is 160 g/mol. The summed E-state index contributed by atoms with van der Waals surface area (Å²) in [5, 5.41) is 9.08. The van der Waals surface area contributed by atoms with Crippen molar-refractivity contribution in [3.8, 4) is 5.75 Å². The van der Waals surface area contributed by atoms with Crippen LogP contribution >= 0.6 is 0 Å². The Bertz CT molecular complexity index is 276. The second kappa shape index (κ2) is 4.70. The van der Waals surface area contributed by atoms with Crippen molar-refractivity contribution in [2.45, 2.75) is 26.7 Å². The number of rotatable bonds is 3. The lowest BCUT2D eigenvalue weighted by Gasteiger charge is -2.00. The molecule has 1 aromatic carbocycles. The second-order valence-electron chi connectivity index (χ2n) is 3.10. The van der Waals surface area contributed by atoms with Crippen LogP contribution in [0.3, 0.4) is 0 Å². The average Bonchev–Trinajstić information content (AvgIpc) is 2.17. The molecule has 1 N–H and O–H groups in total. The molecule has 1 aromatic rings. The van der Waals surface area contributed by atoms with Crippen molar-refractivity contribution < 1.29 is 5.11 Å². The smallest absolute Gasteiger partial charge is 0.115 e. The van der Waals surface area contributed by atoms with Gasteiger partial charge in [0.1, 0.15) is 5.75 Å². The van der Waals surface area contributed by atoms with E-state index in [1.807, 2.05) is 12.1 Å². The molecule has 0 aliphatic heterocycles. The van der Waals surface area contributed by atoms with Crippen LogP contribution in [0.4, 0.5) is 0 Å². The van der Waals surface area contributed by atoms with Crippen molar-refractivity contribution in [1.29, 1.82) is 0 Å². The van der Waals surface area contributed by atoms with E-state index in [-0.39, 0.29) is 0 Å². The monoisotopic (exact) mass is 176 g/mol. The van der Waals surface area contributed by atoms with Gasteiger partial charge in [-0.1, -0.05) is 37.6 Å². The highest BCUT2D eigenvalue weighted by molar-refractivity contribution is 5.53. The zero-order chi connectivity index (χ0) is 9.68. The Kier molecular flexibility index (Phi) is 3.56. The summed E-state index contributed by atoms with van der Waals surface area (Å²) in [6, 6.07) is 7.30. The summed E-state index contributed by atoms with van der Waals surface area (Å²) in [4.78, 5) is 0. The highest BCUT2D eigenvalue weighted by atomic mass is 16.3. The topological polar surface area (TPSA) is 20.2 Å². The number of hydrogen-bond donors (Lipinski definition) is 1. The predicted octanol–water partition coefficient (Wildman–Crippen LogP) is 3.60. The minimum Gasteiger partial charge on any atom is -0.508 e. The van der Waals surface area contributed by atoms with E-state index in [2.05, 4.69) is 19.9 Å². The lowest BCUT2D eigenvalue weighted by Crippen LogP contribution is -1.78. The van der Waals surface area contributed by atoms with Crippen LogP contribution in [-0.2, 0) is 0 Å². The summed E-state index contributed by atoms with van der Waals surface area (Å²) in [5.74, 6) is 0.326. The Morgan fingerprint density at radius 3 is 2.15 bits per heavy atom. The Morgan fingerprint density at radius 1 is 1.15 bits per heavy atom. The van der Waals surface area contributed by atoms with Crippen LogP contribution in [0, 0.1) is 0 Å². The third-order valence-electron chi connectivity index (χ3n) is 2.17. The molecule has 1 nitrogen and oxygen atoms in total. The van der Waals surface area contributed by atoms with Crippen molar-refractivity contribution >= 4 is 6.08 Å². The molecule has 1 heteroatoms. The predicted molar refractivity (Wildman–Crippen MR) is 56.7 cm³/mol. The van der Waals surface area contributed by atoms with E-state index in [9.17, 15) is 0 Å². The fourth-order valence-electron chi connectivity index (χ4n) is 1.26. The van der Waals surface area contributed by atoms with Gasteiger partial charge < -0.3 is 5.11 Å². The lowest BCUT2D eigenvalue weighted by molar-refractivity contribution is 0.475. The molecule has 0 saturated carbocycles. The maximum Gasteiger partial charge on any atom is 0.115 e. The van der Waals surface area contributed by atoms with Crippen LogP contribution < -0.4 is 0 Å². The fraction of sp³-hybridized carbons (Fsp3) is 0.333. The Morgan fingerprint density at radius 2 is 1.69 bits per heavy atom. The van der Waals surface area contributed by atoms with Gasteiger partial charge in [-0.25, -0.2) is 0 Å². The van der Waals surface area contributed by atoms with Gasteiger partial charge in [-0.05, 0) is 30.5 Å². The minimum absolute atomic E-state index is 0.326. The molecular formula is C12H16O. The summed E-state index contributed by atoms with van der Waals surface area (Å²) in [6.07, 6.45) is 4.37. The number of phenolic OH excluding ortho intramolecular Hbond substituents is 1. The Balaban J connectivity index is 2.84. The second-order valence-corrected chi connectivity index (χ2v) is 3.10. The number of benzene rings is 1. The quantitative estimate of drug-likeness (QED) is 0.746. The van der Waals surface area contributed by atoms with Gasteiger partial charge in [-0.2, -0.15) is 0 Å². The maximum absolute atomic E-state index is 9.08. The van der Waals surface area contributed by atoms with Gasteiger partial charge in [-0.15, -0.1) is 0 Å². The lowest BCUT2D eigenvalue weighted by atomic mass is 10.1. The molecule has 1 rings (SSSR count). The molecule has 0 aromatic heterocycles. The van der Waals surface area contributed by atoms with E-state index < -0.39 is 0 Å². The van der Waals surface area contributed by atoms with E-state index in [0.717, 1.165) is 18.4 Å². The van der Waals surface area contributed by atoms with Crippen molar-refractivity contribution in [1.82, 2.24) is 0 Å². The molecule has 70 valence electrons. The van der Waals surface area contributed by atoms with Crippen LogP contribution in [0.5, 0.6) is 5.75 Å². The van der Waals surface area contributed by atoms with Crippen molar-refractivity contribution in [2.24, 2.45) is 0 Å². The molecule has 0 fully saturated rings. The number of allylic oxidation sites excluding steroid dienone is 1. The molecule has 0 amide bonds. The molecule has 0 atom stereocenters. The van der Waals surface area contributed by atoms with E-state index in [4.69, 9.17) is 5.11 Å². The molecule has 0 bridgehead atoms. The van der Waals surface area contributed by atoms with Gasteiger partial charge in [0, 0.05) is 0 Å². The molecule has 0 saturated heterocycles. The van der Waals surface area contributed by atoms with Gasteiger partial charge in [0.2, 0.25) is 0 Å². The van der Waals surface area contributed by atoms with Gasteiger partial charge in [0.05, 0.1) is 0 Å². The molecule has 0 unspecified atom stereocenters. The van der Waals surface area contributed by atoms with E-state index >= 15 is 0 Å². The molecule has 0 aliphatic rings. The molecule has 0 aliphatic carbocycles. The average molecular weight is 176 g/mol.